The van der Waals surface area contributed by atoms with Crippen LogP contribution in [0.2, 0.25) is 0 Å². The van der Waals surface area contributed by atoms with Gasteiger partial charge in [0.1, 0.15) is 5.82 Å². The third-order valence-corrected chi connectivity index (χ3v) is 3.56. The molecule has 138 valence electrons. The molecule has 0 aliphatic carbocycles. The first-order valence-corrected chi connectivity index (χ1v) is 7.44. The summed E-state index contributed by atoms with van der Waals surface area (Å²) in [4.78, 5) is 24.1. The first-order chi connectivity index (χ1) is 12.4. The van der Waals surface area contributed by atoms with E-state index in [1.54, 1.807) is 0 Å². The van der Waals surface area contributed by atoms with Gasteiger partial charge in [-0.25, -0.2) is 9.18 Å². The van der Waals surface area contributed by atoms with Crippen molar-refractivity contribution in [1.29, 1.82) is 0 Å². The van der Waals surface area contributed by atoms with E-state index in [-0.39, 0.29) is 28.3 Å². The molecular formula is C18H18FNO6. The van der Waals surface area contributed by atoms with E-state index < -0.39 is 17.7 Å². The van der Waals surface area contributed by atoms with E-state index in [4.69, 9.17) is 14.2 Å². The normalized spacial score (nSPS) is 10.0. The minimum atomic E-state index is -0.696. The summed E-state index contributed by atoms with van der Waals surface area (Å²) in [6, 6.07) is 6.38. The van der Waals surface area contributed by atoms with Gasteiger partial charge < -0.3 is 24.3 Å². The second-order valence-corrected chi connectivity index (χ2v) is 5.05. The molecule has 0 spiro atoms. The molecular weight excluding hydrogens is 345 g/mol. The number of rotatable bonds is 6. The molecule has 1 N–H and O–H groups in total. The van der Waals surface area contributed by atoms with Crippen LogP contribution in [0.1, 0.15) is 20.7 Å². The van der Waals surface area contributed by atoms with Gasteiger partial charge in [0, 0.05) is 5.56 Å². The third kappa shape index (κ3) is 3.85. The number of hydrogen-bond acceptors (Lipinski definition) is 6. The number of benzene rings is 2. The number of esters is 1. The first-order valence-electron chi connectivity index (χ1n) is 7.44. The number of methoxy groups -OCH3 is 4. The smallest absolute Gasteiger partial charge is 0.337 e. The van der Waals surface area contributed by atoms with E-state index in [1.807, 2.05) is 0 Å². The monoisotopic (exact) mass is 363 g/mol. The Labute approximate surface area is 149 Å². The summed E-state index contributed by atoms with van der Waals surface area (Å²) in [7, 11) is 5.48. The van der Waals surface area contributed by atoms with Crippen molar-refractivity contribution < 1.29 is 32.9 Å². The fourth-order valence-corrected chi connectivity index (χ4v) is 2.27. The van der Waals surface area contributed by atoms with Crippen molar-refractivity contribution in [2.75, 3.05) is 33.8 Å². The molecule has 0 unspecified atom stereocenters. The van der Waals surface area contributed by atoms with Gasteiger partial charge in [0.25, 0.3) is 5.91 Å². The first kappa shape index (κ1) is 19.0. The SMILES string of the molecule is COC(=O)c1ccc(F)c(NC(=O)c2cc(OC)c(OC)c(OC)c2)c1. The summed E-state index contributed by atoms with van der Waals surface area (Å²) in [5, 5.41) is 2.41. The topological polar surface area (TPSA) is 83.1 Å². The molecule has 0 heterocycles. The highest BCUT2D eigenvalue weighted by atomic mass is 19.1. The van der Waals surface area contributed by atoms with Crippen LogP contribution < -0.4 is 19.5 Å². The average Bonchev–Trinajstić information content (AvgIpc) is 2.67. The van der Waals surface area contributed by atoms with Gasteiger partial charge in [0.05, 0.1) is 39.7 Å². The predicted octanol–water partition coefficient (Wildman–Crippen LogP) is 2.89. The van der Waals surface area contributed by atoms with Crippen LogP contribution >= 0.6 is 0 Å². The Morgan fingerprint density at radius 2 is 1.50 bits per heavy atom. The maximum absolute atomic E-state index is 14.0. The van der Waals surface area contributed by atoms with E-state index in [1.165, 1.54) is 52.7 Å². The second kappa shape index (κ2) is 8.19. The Morgan fingerprint density at radius 3 is 2.00 bits per heavy atom. The molecule has 7 nitrogen and oxygen atoms in total. The summed E-state index contributed by atoms with van der Waals surface area (Å²) < 4.78 is 34.1. The Hall–Kier alpha value is -3.29. The van der Waals surface area contributed by atoms with Gasteiger partial charge >= 0.3 is 5.97 Å². The van der Waals surface area contributed by atoms with Crippen LogP contribution in [0, 0.1) is 5.82 Å². The zero-order chi connectivity index (χ0) is 19.3. The Balaban J connectivity index is 2.37. The van der Waals surface area contributed by atoms with Gasteiger partial charge in [-0.1, -0.05) is 0 Å². The van der Waals surface area contributed by atoms with E-state index in [0.29, 0.717) is 5.75 Å². The molecule has 2 aromatic rings. The number of ether oxygens (including phenoxy) is 4. The van der Waals surface area contributed by atoms with Gasteiger partial charge in [-0.2, -0.15) is 0 Å². The van der Waals surface area contributed by atoms with Crippen LogP contribution in [0.25, 0.3) is 0 Å². The molecule has 0 atom stereocenters. The lowest BCUT2D eigenvalue weighted by Gasteiger charge is -2.14. The van der Waals surface area contributed by atoms with Crippen molar-refractivity contribution in [3.63, 3.8) is 0 Å². The minimum Gasteiger partial charge on any atom is -0.493 e. The third-order valence-electron chi connectivity index (χ3n) is 3.56. The Bertz CT molecular complexity index is 811. The fraction of sp³-hybridized carbons (Fsp3) is 0.222. The molecule has 0 aliphatic heterocycles. The van der Waals surface area contributed by atoms with Crippen LogP contribution in [-0.2, 0) is 4.74 Å². The molecule has 8 heteroatoms. The van der Waals surface area contributed by atoms with Crippen molar-refractivity contribution in [2.45, 2.75) is 0 Å². The zero-order valence-electron chi connectivity index (χ0n) is 14.7. The molecule has 26 heavy (non-hydrogen) atoms. The van der Waals surface area contributed by atoms with Crippen molar-refractivity contribution in [3.05, 3.63) is 47.3 Å². The van der Waals surface area contributed by atoms with Crippen molar-refractivity contribution >= 4 is 17.6 Å². The van der Waals surface area contributed by atoms with Crippen molar-refractivity contribution in [1.82, 2.24) is 0 Å². The van der Waals surface area contributed by atoms with E-state index >= 15 is 0 Å². The molecule has 0 aliphatic rings. The number of hydrogen-bond donors (Lipinski definition) is 1. The quantitative estimate of drug-likeness (QED) is 0.795. The summed E-state index contributed by atoms with van der Waals surface area (Å²) in [6.07, 6.45) is 0. The Morgan fingerprint density at radius 1 is 0.885 bits per heavy atom. The Kier molecular flexibility index (Phi) is 6.00. The van der Waals surface area contributed by atoms with Crippen LogP contribution in [0.5, 0.6) is 17.2 Å². The molecule has 0 radical (unpaired) electrons. The summed E-state index contributed by atoms with van der Waals surface area (Å²) in [6.45, 7) is 0. The number of carbonyl (C=O) groups excluding carboxylic acids is 2. The summed E-state index contributed by atoms with van der Waals surface area (Å²) >= 11 is 0. The molecule has 0 aromatic heterocycles. The van der Waals surface area contributed by atoms with E-state index in [0.717, 1.165) is 6.07 Å². The van der Waals surface area contributed by atoms with Gasteiger partial charge in [-0.15, -0.1) is 0 Å². The maximum Gasteiger partial charge on any atom is 0.337 e. The van der Waals surface area contributed by atoms with Gasteiger partial charge in [-0.3, -0.25) is 4.79 Å². The summed E-state index contributed by atoms with van der Waals surface area (Å²) in [5.74, 6) is -1.08. The summed E-state index contributed by atoms with van der Waals surface area (Å²) in [5.41, 5.74) is 0.100. The molecule has 2 aromatic carbocycles. The van der Waals surface area contributed by atoms with Crippen molar-refractivity contribution in [2.24, 2.45) is 0 Å². The maximum atomic E-state index is 14.0. The average molecular weight is 363 g/mol. The van der Waals surface area contributed by atoms with E-state index in [2.05, 4.69) is 10.1 Å². The van der Waals surface area contributed by atoms with Gasteiger partial charge in [0.2, 0.25) is 5.75 Å². The highest BCUT2D eigenvalue weighted by molar-refractivity contribution is 6.05. The number of anilines is 1. The molecule has 2 rings (SSSR count). The highest BCUT2D eigenvalue weighted by Gasteiger charge is 2.18. The van der Waals surface area contributed by atoms with E-state index in [9.17, 15) is 14.0 Å². The van der Waals surface area contributed by atoms with Gasteiger partial charge in [-0.05, 0) is 30.3 Å². The van der Waals surface area contributed by atoms with Crippen LogP contribution in [0.15, 0.2) is 30.3 Å². The van der Waals surface area contributed by atoms with Crippen LogP contribution in [0.4, 0.5) is 10.1 Å². The number of carbonyl (C=O) groups is 2. The lowest BCUT2D eigenvalue weighted by molar-refractivity contribution is 0.0600. The predicted molar refractivity (Wildman–Crippen MR) is 91.8 cm³/mol. The highest BCUT2D eigenvalue weighted by Crippen LogP contribution is 2.38. The van der Waals surface area contributed by atoms with Gasteiger partial charge in [0.15, 0.2) is 11.5 Å². The molecule has 0 saturated heterocycles. The fourth-order valence-electron chi connectivity index (χ4n) is 2.27. The van der Waals surface area contributed by atoms with Crippen LogP contribution in [0.3, 0.4) is 0 Å². The molecule has 0 bridgehead atoms. The number of nitrogens with one attached hydrogen (secondary N) is 1. The zero-order valence-corrected chi connectivity index (χ0v) is 14.7. The molecule has 0 saturated carbocycles. The molecule has 0 fully saturated rings. The van der Waals surface area contributed by atoms with Crippen molar-refractivity contribution in [3.8, 4) is 17.2 Å². The molecule has 1 amide bonds. The van der Waals surface area contributed by atoms with Crippen LogP contribution in [-0.4, -0.2) is 40.3 Å². The second-order valence-electron chi connectivity index (χ2n) is 5.05. The number of halogens is 1. The number of amides is 1. The lowest BCUT2D eigenvalue weighted by Crippen LogP contribution is -2.14. The minimum absolute atomic E-state index is 0.106. The lowest BCUT2D eigenvalue weighted by atomic mass is 10.1. The standard InChI is InChI=1S/C18H18FNO6/c1-23-14-8-11(9-15(24-2)16(14)25-3)17(21)20-13-7-10(18(22)26-4)5-6-12(13)19/h5-9H,1-4H3,(H,20,21). The largest absolute Gasteiger partial charge is 0.493 e.